The highest BCUT2D eigenvalue weighted by Crippen LogP contribution is 2.28. The second-order valence-corrected chi connectivity index (χ2v) is 11.2. The lowest BCUT2D eigenvalue weighted by atomic mass is 10.2. The standard InChI is InChI=1S/C33H37N5OS/c1-27-17-19-30(20-18-27)38-32(29-14-6-3-7-15-29)34-35-33(38)40-26-9-8-16-31(39)37-24-22-36(23-25-37)21-10-13-28-11-4-2-5-12-28/h2-7,10-15,17-20H,8-9,16,21-26H2,1H3. The first-order chi connectivity index (χ1) is 19.7. The van der Waals surface area contributed by atoms with E-state index >= 15 is 0 Å². The van der Waals surface area contributed by atoms with Crippen LogP contribution in [0.1, 0.15) is 30.4 Å². The topological polar surface area (TPSA) is 54.3 Å². The number of piperazine rings is 1. The van der Waals surface area contributed by atoms with Gasteiger partial charge in [0.25, 0.3) is 0 Å². The zero-order valence-corrected chi connectivity index (χ0v) is 24.0. The Morgan fingerprint density at radius 2 is 1.55 bits per heavy atom. The molecule has 40 heavy (non-hydrogen) atoms. The highest BCUT2D eigenvalue weighted by atomic mass is 32.2. The molecular formula is C33H37N5OS. The molecule has 0 spiro atoms. The zero-order valence-electron chi connectivity index (χ0n) is 23.2. The van der Waals surface area contributed by atoms with Crippen molar-refractivity contribution in [2.24, 2.45) is 0 Å². The lowest BCUT2D eigenvalue weighted by molar-refractivity contribution is -0.132. The van der Waals surface area contributed by atoms with Gasteiger partial charge in [0.15, 0.2) is 11.0 Å². The first-order valence-electron chi connectivity index (χ1n) is 14.1. The zero-order chi connectivity index (χ0) is 27.6. The van der Waals surface area contributed by atoms with Gasteiger partial charge < -0.3 is 4.90 Å². The molecule has 1 fully saturated rings. The molecule has 0 unspecified atom stereocenters. The molecule has 4 aromatic rings. The molecule has 0 bridgehead atoms. The van der Waals surface area contributed by atoms with Crippen molar-refractivity contribution in [2.75, 3.05) is 38.5 Å². The number of aromatic nitrogens is 3. The number of aryl methyl sites for hydroxylation is 1. The average molecular weight is 552 g/mol. The van der Waals surface area contributed by atoms with E-state index in [1.807, 2.05) is 29.2 Å². The van der Waals surface area contributed by atoms with E-state index in [0.29, 0.717) is 6.42 Å². The van der Waals surface area contributed by atoms with E-state index in [9.17, 15) is 4.79 Å². The summed E-state index contributed by atoms with van der Waals surface area (Å²) in [6, 6.07) is 29.0. The van der Waals surface area contributed by atoms with Crippen molar-refractivity contribution >= 4 is 23.7 Å². The maximum absolute atomic E-state index is 12.8. The van der Waals surface area contributed by atoms with Crippen molar-refractivity contribution in [3.63, 3.8) is 0 Å². The SMILES string of the molecule is Cc1ccc(-n2c(SCCCCC(=O)N3CCN(CC=Cc4ccccc4)CC3)nnc2-c2ccccc2)cc1. The van der Waals surface area contributed by atoms with Gasteiger partial charge in [-0.3, -0.25) is 14.3 Å². The van der Waals surface area contributed by atoms with Crippen LogP contribution in [-0.2, 0) is 4.79 Å². The molecule has 0 N–H and O–H groups in total. The summed E-state index contributed by atoms with van der Waals surface area (Å²) in [5.41, 5.74) is 4.54. The van der Waals surface area contributed by atoms with Crippen molar-refractivity contribution in [1.82, 2.24) is 24.6 Å². The van der Waals surface area contributed by atoms with E-state index in [-0.39, 0.29) is 5.91 Å². The van der Waals surface area contributed by atoms with Gasteiger partial charge in [0.2, 0.25) is 5.91 Å². The monoisotopic (exact) mass is 551 g/mol. The summed E-state index contributed by atoms with van der Waals surface area (Å²) >= 11 is 1.71. The average Bonchev–Trinajstić information content (AvgIpc) is 3.42. The summed E-state index contributed by atoms with van der Waals surface area (Å²) in [6.07, 6.45) is 6.83. The summed E-state index contributed by atoms with van der Waals surface area (Å²) in [4.78, 5) is 17.3. The van der Waals surface area contributed by atoms with Crippen LogP contribution in [0.25, 0.3) is 23.2 Å². The largest absolute Gasteiger partial charge is 0.340 e. The number of hydrogen-bond acceptors (Lipinski definition) is 5. The smallest absolute Gasteiger partial charge is 0.222 e. The third kappa shape index (κ3) is 7.49. The highest BCUT2D eigenvalue weighted by molar-refractivity contribution is 7.99. The van der Waals surface area contributed by atoms with Crippen molar-refractivity contribution < 1.29 is 4.79 Å². The van der Waals surface area contributed by atoms with Crippen LogP contribution >= 0.6 is 11.8 Å². The molecule has 2 heterocycles. The number of unbranched alkanes of at least 4 members (excludes halogenated alkanes) is 1. The molecule has 6 nitrogen and oxygen atoms in total. The van der Waals surface area contributed by atoms with Crippen LogP contribution in [0, 0.1) is 6.92 Å². The van der Waals surface area contributed by atoms with Crippen molar-refractivity contribution in [3.05, 3.63) is 102 Å². The predicted octanol–water partition coefficient (Wildman–Crippen LogP) is 6.36. The van der Waals surface area contributed by atoms with Crippen LogP contribution in [0.4, 0.5) is 0 Å². The minimum Gasteiger partial charge on any atom is -0.340 e. The minimum absolute atomic E-state index is 0.277. The fraction of sp³-hybridized carbons (Fsp3) is 0.303. The molecule has 0 radical (unpaired) electrons. The van der Waals surface area contributed by atoms with Gasteiger partial charge in [-0.05, 0) is 37.5 Å². The number of amides is 1. The molecular weight excluding hydrogens is 514 g/mol. The van der Waals surface area contributed by atoms with E-state index in [4.69, 9.17) is 0 Å². The third-order valence-electron chi connectivity index (χ3n) is 7.17. The normalized spacial score (nSPS) is 14.2. The lowest BCUT2D eigenvalue weighted by Gasteiger charge is -2.34. The van der Waals surface area contributed by atoms with Crippen molar-refractivity contribution in [1.29, 1.82) is 0 Å². The Kier molecular flexibility index (Phi) is 9.82. The maximum Gasteiger partial charge on any atom is 0.222 e. The van der Waals surface area contributed by atoms with E-state index < -0.39 is 0 Å². The Hall–Kier alpha value is -3.68. The number of carbonyl (C=O) groups is 1. The van der Waals surface area contributed by atoms with Crippen LogP contribution in [0.15, 0.2) is 96.2 Å². The molecule has 1 saturated heterocycles. The summed E-state index contributed by atoms with van der Waals surface area (Å²) in [6.45, 7) is 6.50. The number of carbonyl (C=O) groups excluding carboxylic acids is 1. The molecule has 3 aromatic carbocycles. The van der Waals surface area contributed by atoms with E-state index in [2.05, 4.69) is 99.4 Å². The molecule has 0 aliphatic carbocycles. The van der Waals surface area contributed by atoms with Crippen LogP contribution < -0.4 is 0 Å². The molecule has 0 saturated carbocycles. The van der Waals surface area contributed by atoms with Crippen molar-refractivity contribution in [3.8, 4) is 17.1 Å². The molecule has 1 amide bonds. The van der Waals surface area contributed by atoms with Gasteiger partial charge >= 0.3 is 0 Å². The number of benzene rings is 3. The van der Waals surface area contributed by atoms with Crippen LogP contribution in [0.3, 0.4) is 0 Å². The number of hydrogen-bond donors (Lipinski definition) is 0. The molecule has 1 aliphatic heterocycles. The van der Waals surface area contributed by atoms with Gasteiger partial charge in [0.1, 0.15) is 0 Å². The van der Waals surface area contributed by atoms with Crippen LogP contribution in [0.2, 0.25) is 0 Å². The Balaban J connectivity index is 1.07. The molecule has 0 atom stereocenters. The molecule has 206 valence electrons. The summed E-state index contributed by atoms with van der Waals surface area (Å²) in [5.74, 6) is 2.02. The highest BCUT2D eigenvalue weighted by Gasteiger charge is 2.20. The fourth-order valence-electron chi connectivity index (χ4n) is 4.85. The van der Waals surface area contributed by atoms with Gasteiger partial charge in [0.05, 0.1) is 0 Å². The van der Waals surface area contributed by atoms with Crippen LogP contribution in [0.5, 0.6) is 0 Å². The van der Waals surface area contributed by atoms with Crippen LogP contribution in [-0.4, -0.2) is 68.9 Å². The lowest BCUT2D eigenvalue weighted by Crippen LogP contribution is -2.48. The molecule has 7 heteroatoms. The van der Waals surface area contributed by atoms with Gasteiger partial charge in [-0.1, -0.05) is 102 Å². The van der Waals surface area contributed by atoms with Gasteiger partial charge in [0, 0.05) is 56.1 Å². The molecule has 1 aliphatic rings. The minimum atomic E-state index is 0.277. The third-order valence-corrected chi connectivity index (χ3v) is 8.19. The first-order valence-corrected chi connectivity index (χ1v) is 15.1. The number of rotatable bonds is 11. The van der Waals surface area contributed by atoms with E-state index in [1.165, 1.54) is 11.1 Å². The van der Waals surface area contributed by atoms with E-state index in [0.717, 1.165) is 73.5 Å². The van der Waals surface area contributed by atoms with Gasteiger partial charge in [-0.15, -0.1) is 10.2 Å². The Morgan fingerprint density at radius 3 is 2.27 bits per heavy atom. The fourth-order valence-corrected chi connectivity index (χ4v) is 5.80. The molecule has 5 rings (SSSR count). The first kappa shape index (κ1) is 27.9. The van der Waals surface area contributed by atoms with E-state index in [1.54, 1.807) is 11.8 Å². The predicted molar refractivity (Wildman–Crippen MR) is 165 cm³/mol. The Bertz CT molecular complexity index is 1380. The number of nitrogens with zero attached hydrogens (tertiary/aromatic N) is 5. The van der Waals surface area contributed by atoms with Crippen molar-refractivity contribution in [2.45, 2.75) is 31.3 Å². The quantitative estimate of drug-likeness (QED) is 0.160. The summed E-state index contributed by atoms with van der Waals surface area (Å²) in [5, 5.41) is 9.95. The van der Waals surface area contributed by atoms with Gasteiger partial charge in [-0.2, -0.15) is 0 Å². The van der Waals surface area contributed by atoms with Gasteiger partial charge in [-0.25, -0.2) is 0 Å². The second kappa shape index (κ2) is 14.1. The Morgan fingerprint density at radius 1 is 0.850 bits per heavy atom. The second-order valence-electron chi connectivity index (χ2n) is 10.1. The summed E-state index contributed by atoms with van der Waals surface area (Å²) < 4.78 is 2.14. The number of thioether (sulfide) groups is 1. The molecule has 1 aromatic heterocycles. The maximum atomic E-state index is 12.8. The summed E-state index contributed by atoms with van der Waals surface area (Å²) in [7, 11) is 0. The Labute approximate surface area is 241 Å².